The molecule has 128 valence electrons. The van der Waals surface area contributed by atoms with Crippen molar-refractivity contribution in [3.63, 3.8) is 0 Å². The standard InChI is InChI=1S/C17H22FN5O/c18-15-3-1-2-4-16(15)24-10-9-22-5-7-23(8-6-22)13-14-11-20-17(19)21-12-14/h1-4,11-12H,5-10,13H2,(H2,19,20,21). The number of nitrogens with zero attached hydrogens (tertiary/aromatic N) is 4. The molecule has 24 heavy (non-hydrogen) atoms. The molecule has 0 unspecified atom stereocenters. The van der Waals surface area contributed by atoms with E-state index >= 15 is 0 Å². The number of para-hydroxylation sites is 1. The van der Waals surface area contributed by atoms with E-state index in [-0.39, 0.29) is 5.82 Å². The van der Waals surface area contributed by atoms with Crippen LogP contribution in [-0.2, 0) is 6.54 Å². The highest BCUT2D eigenvalue weighted by molar-refractivity contribution is 5.23. The third kappa shape index (κ3) is 4.62. The number of nitrogens with two attached hydrogens (primary N) is 1. The van der Waals surface area contributed by atoms with Crippen LogP contribution in [0.4, 0.5) is 10.3 Å². The van der Waals surface area contributed by atoms with Gasteiger partial charge in [-0.25, -0.2) is 14.4 Å². The monoisotopic (exact) mass is 331 g/mol. The topological polar surface area (TPSA) is 67.5 Å². The molecule has 0 radical (unpaired) electrons. The summed E-state index contributed by atoms with van der Waals surface area (Å²) in [5.41, 5.74) is 6.57. The summed E-state index contributed by atoms with van der Waals surface area (Å²) in [6.45, 7) is 6.01. The van der Waals surface area contributed by atoms with Crippen molar-refractivity contribution >= 4 is 5.95 Å². The summed E-state index contributed by atoms with van der Waals surface area (Å²) in [6, 6.07) is 6.50. The summed E-state index contributed by atoms with van der Waals surface area (Å²) in [5.74, 6) is 0.311. The molecule has 3 rings (SSSR count). The predicted octanol–water partition coefficient (Wildman–Crippen LogP) is 1.39. The van der Waals surface area contributed by atoms with Crippen LogP contribution in [0, 0.1) is 5.82 Å². The van der Waals surface area contributed by atoms with Crippen molar-refractivity contribution in [2.75, 3.05) is 45.1 Å². The molecule has 7 heteroatoms. The van der Waals surface area contributed by atoms with Crippen molar-refractivity contribution < 1.29 is 9.13 Å². The van der Waals surface area contributed by atoms with Crippen LogP contribution in [0.5, 0.6) is 5.75 Å². The van der Waals surface area contributed by atoms with E-state index in [0.29, 0.717) is 18.3 Å². The highest BCUT2D eigenvalue weighted by Gasteiger charge is 2.17. The summed E-state index contributed by atoms with van der Waals surface area (Å²) in [5, 5.41) is 0. The lowest BCUT2D eigenvalue weighted by Gasteiger charge is -2.34. The number of rotatable bonds is 6. The molecule has 0 amide bonds. The Morgan fingerprint density at radius 1 is 1.04 bits per heavy atom. The Labute approximate surface area is 141 Å². The van der Waals surface area contributed by atoms with Crippen LogP contribution in [0.15, 0.2) is 36.7 Å². The molecule has 6 nitrogen and oxygen atoms in total. The molecule has 0 spiro atoms. The number of aromatic nitrogens is 2. The van der Waals surface area contributed by atoms with Gasteiger partial charge in [0.1, 0.15) is 6.61 Å². The Balaban J connectivity index is 1.37. The summed E-state index contributed by atoms with van der Waals surface area (Å²) in [7, 11) is 0. The third-order valence-corrected chi connectivity index (χ3v) is 4.10. The van der Waals surface area contributed by atoms with E-state index in [1.54, 1.807) is 30.6 Å². The van der Waals surface area contributed by atoms with Crippen LogP contribution in [-0.4, -0.2) is 59.1 Å². The van der Waals surface area contributed by atoms with Gasteiger partial charge < -0.3 is 10.5 Å². The zero-order valence-electron chi connectivity index (χ0n) is 13.6. The second-order valence-electron chi connectivity index (χ2n) is 5.85. The van der Waals surface area contributed by atoms with E-state index in [1.807, 2.05) is 0 Å². The van der Waals surface area contributed by atoms with E-state index in [9.17, 15) is 4.39 Å². The molecular formula is C17H22FN5O. The first-order valence-electron chi connectivity index (χ1n) is 8.09. The van der Waals surface area contributed by atoms with Crippen LogP contribution in [0.1, 0.15) is 5.56 Å². The number of halogens is 1. The fourth-order valence-corrected chi connectivity index (χ4v) is 2.72. The van der Waals surface area contributed by atoms with Gasteiger partial charge in [-0.05, 0) is 12.1 Å². The van der Waals surface area contributed by atoms with E-state index in [0.717, 1.165) is 44.8 Å². The normalized spacial score (nSPS) is 16.2. The van der Waals surface area contributed by atoms with Gasteiger partial charge in [0.2, 0.25) is 5.95 Å². The zero-order valence-corrected chi connectivity index (χ0v) is 13.6. The molecule has 1 aliphatic heterocycles. The van der Waals surface area contributed by atoms with Crippen LogP contribution in [0.25, 0.3) is 0 Å². The van der Waals surface area contributed by atoms with Crippen LogP contribution < -0.4 is 10.5 Å². The van der Waals surface area contributed by atoms with Gasteiger partial charge in [-0.1, -0.05) is 12.1 Å². The quantitative estimate of drug-likeness (QED) is 0.863. The molecular weight excluding hydrogens is 309 g/mol. The second kappa shape index (κ2) is 8.03. The molecule has 0 bridgehead atoms. The summed E-state index contributed by atoms with van der Waals surface area (Å²) >= 11 is 0. The SMILES string of the molecule is Nc1ncc(CN2CCN(CCOc3ccccc3F)CC2)cn1. The van der Waals surface area contributed by atoms with Crippen molar-refractivity contribution in [3.05, 3.63) is 48.0 Å². The Morgan fingerprint density at radius 3 is 2.42 bits per heavy atom. The van der Waals surface area contributed by atoms with Gasteiger partial charge in [-0.2, -0.15) is 0 Å². The Hall–Kier alpha value is -2.25. The number of ether oxygens (including phenoxy) is 1. The second-order valence-corrected chi connectivity index (χ2v) is 5.85. The highest BCUT2D eigenvalue weighted by Crippen LogP contribution is 2.15. The average molecular weight is 331 g/mol. The molecule has 2 heterocycles. The van der Waals surface area contributed by atoms with Crippen molar-refractivity contribution in [2.24, 2.45) is 0 Å². The van der Waals surface area contributed by atoms with Crippen molar-refractivity contribution in [2.45, 2.75) is 6.54 Å². The maximum atomic E-state index is 13.5. The first-order valence-corrected chi connectivity index (χ1v) is 8.09. The van der Waals surface area contributed by atoms with Gasteiger partial charge >= 0.3 is 0 Å². The highest BCUT2D eigenvalue weighted by atomic mass is 19.1. The molecule has 0 saturated carbocycles. The molecule has 0 atom stereocenters. The summed E-state index contributed by atoms with van der Waals surface area (Å²) < 4.78 is 19.0. The van der Waals surface area contributed by atoms with E-state index in [4.69, 9.17) is 10.5 Å². The molecule has 2 aromatic rings. The molecule has 2 N–H and O–H groups in total. The Morgan fingerprint density at radius 2 is 1.71 bits per heavy atom. The molecule has 1 aromatic carbocycles. The van der Waals surface area contributed by atoms with Crippen molar-refractivity contribution in [1.29, 1.82) is 0 Å². The minimum Gasteiger partial charge on any atom is -0.489 e. The van der Waals surface area contributed by atoms with Crippen molar-refractivity contribution in [1.82, 2.24) is 19.8 Å². The molecule has 1 aliphatic rings. The van der Waals surface area contributed by atoms with Gasteiger partial charge in [0.25, 0.3) is 0 Å². The van der Waals surface area contributed by atoms with Gasteiger partial charge in [-0.15, -0.1) is 0 Å². The molecule has 1 aromatic heterocycles. The van der Waals surface area contributed by atoms with Gasteiger partial charge in [0, 0.05) is 57.2 Å². The maximum absolute atomic E-state index is 13.5. The summed E-state index contributed by atoms with van der Waals surface area (Å²) in [4.78, 5) is 12.7. The van der Waals surface area contributed by atoms with Gasteiger partial charge in [0.15, 0.2) is 11.6 Å². The molecule has 0 aliphatic carbocycles. The number of nitrogen functional groups attached to an aromatic ring is 1. The summed E-state index contributed by atoms with van der Waals surface area (Å²) in [6.07, 6.45) is 3.55. The number of hydrogen-bond donors (Lipinski definition) is 1. The maximum Gasteiger partial charge on any atom is 0.219 e. The number of benzene rings is 1. The lowest BCUT2D eigenvalue weighted by molar-refractivity contribution is 0.111. The van der Waals surface area contributed by atoms with Gasteiger partial charge in [0.05, 0.1) is 0 Å². The van der Waals surface area contributed by atoms with Crippen LogP contribution in [0.3, 0.4) is 0 Å². The minimum atomic E-state index is -0.312. The molecule has 1 fully saturated rings. The first kappa shape index (κ1) is 16.6. The lowest BCUT2D eigenvalue weighted by atomic mass is 10.2. The van der Waals surface area contributed by atoms with Gasteiger partial charge in [-0.3, -0.25) is 9.80 Å². The third-order valence-electron chi connectivity index (χ3n) is 4.10. The number of piperazine rings is 1. The Kier molecular flexibility index (Phi) is 5.55. The minimum absolute atomic E-state index is 0.304. The smallest absolute Gasteiger partial charge is 0.219 e. The van der Waals surface area contributed by atoms with Crippen LogP contribution >= 0.6 is 0 Å². The zero-order chi connectivity index (χ0) is 16.8. The molecule has 1 saturated heterocycles. The van der Waals surface area contributed by atoms with E-state index in [2.05, 4.69) is 19.8 Å². The lowest BCUT2D eigenvalue weighted by Crippen LogP contribution is -2.47. The van der Waals surface area contributed by atoms with Crippen LogP contribution in [0.2, 0.25) is 0 Å². The Bertz CT molecular complexity index is 644. The van der Waals surface area contributed by atoms with E-state index in [1.165, 1.54) is 6.07 Å². The van der Waals surface area contributed by atoms with Crippen molar-refractivity contribution in [3.8, 4) is 5.75 Å². The largest absolute Gasteiger partial charge is 0.489 e. The number of anilines is 1. The van der Waals surface area contributed by atoms with E-state index < -0.39 is 0 Å². The fourth-order valence-electron chi connectivity index (χ4n) is 2.72. The predicted molar refractivity (Wildman–Crippen MR) is 90.1 cm³/mol. The average Bonchev–Trinajstić information content (AvgIpc) is 2.60. The fraction of sp³-hybridized carbons (Fsp3) is 0.412. The number of hydrogen-bond acceptors (Lipinski definition) is 6. The first-order chi connectivity index (χ1) is 11.7.